The van der Waals surface area contributed by atoms with E-state index in [1.165, 1.54) is 13.1 Å². The highest BCUT2D eigenvalue weighted by molar-refractivity contribution is 7.48. The van der Waals surface area contributed by atoms with Gasteiger partial charge in [-0.15, -0.1) is 0 Å². The molecular formula is C14H18N3O7P. The predicted octanol–water partition coefficient (Wildman–Crippen LogP) is 0.912. The van der Waals surface area contributed by atoms with Gasteiger partial charge in [0.2, 0.25) is 0 Å². The van der Waals surface area contributed by atoms with Crippen molar-refractivity contribution in [2.75, 3.05) is 6.61 Å². The van der Waals surface area contributed by atoms with Crippen molar-refractivity contribution in [2.24, 2.45) is 5.41 Å². The molecule has 25 heavy (non-hydrogen) atoms. The standard InChI is InChI=1S/C14H18N3O7P/c1-8(2)23-25(20)21-6-9-11(24-25)14(3,7-15)12(22-9)17-5-4-10(18)16-13(17)19/h4-5,8-9,11-12H,6H2,1-3H3,(H,16,18,19). The minimum Gasteiger partial charge on any atom is -0.348 e. The molecule has 0 amide bonds. The largest absolute Gasteiger partial charge is 0.475 e. The fourth-order valence-corrected chi connectivity index (χ4v) is 4.59. The van der Waals surface area contributed by atoms with Crippen LogP contribution in [0.25, 0.3) is 0 Å². The van der Waals surface area contributed by atoms with E-state index >= 15 is 0 Å². The first-order valence-corrected chi connectivity index (χ1v) is 9.14. The molecule has 3 heterocycles. The summed E-state index contributed by atoms with van der Waals surface area (Å²) in [7, 11) is -3.85. The average molecular weight is 371 g/mol. The van der Waals surface area contributed by atoms with Crippen LogP contribution in [-0.4, -0.2) is 34.5 Å². The van der Waals surface area contributed by atoms with Crippen molar-refractivity contribution in [1.29, 1.82) is 5.26 Å². The quantitative estimate of drug-likeness (QED) is 0.775. The summed E-state index contributed by atoms with van der Waals surface area (Å²) in [6, 6.07) is 3.23. The van der Waals surface area contributed by atoms with Crippen LogP contribution in [0.3, 0.4) is 0 Å². The fourth-order valence-electron chi connectivity index (χ4n) is 2.94. The van der Waals surface area contributed by atoms with Crippen molar-refractivity contribution >= 4 is 7.82 Å². The molecule has 0 aromatic carbocycles. The van der Waals surface area contributed by atoms with E-state index in [-0.39, 0.29) is 6.61 Å². The van der Waals surface area contributed by atoms with Crippen LogP contribution in [0.2, 0.25) is 0 Å². The van der Waals surface area contributed by atoms with Gasteiger partial charge in [-0.05, 0) is 20.8 Å². The van der Waals surface area contributed by atoms with Gasteiger partial charge in [0, 0.05) is 12.3 Å². The third-order valence-corrected chi connectivity index (χ3v) is 5.70. The number of rotatable bonds is 3. The molecule has 0 saturated carbocycles. The molecule has 0 bridgehead atoms. The molecule has 10 nitrogen and oxygen atoms in total. The van der Waals surface area contributed by atoms with Crippen LogP contribution in [-0.2, 0) is 22.9 Å². The highest BCUT2D eigenvalue weighted by Crippen LogP contribution is 2.61. The van der Waals surface area contributed by atoms with Crippen LogP contribution < -0.4 is 11.2 Å². The molecule has 3 rings (SSSR count). The molecule has 5 unspecified atom stereocenters. The Kier molecular flexibility index (Phi) is 4.47. The van der Waals surface area contributed by atoms with E-state index < -0.39 is 49.0 Å². The molecule has 2 aliphatic heterocycles. The summed E-state index contributed by atoms with van der Waals surface area (Å²) < 4.78 is 35.4. The minimum atomic E-state index is -3.85. The zero-order valence-corrected chi connectivity index (χ0v) is 14.8. The number of hydrogen-bond acceptors (Lipinski definition) is 8. The van der Waals surface area contributed by atoms with Gasteiger partial charge in [-0.25, -0.2) is 9.36 Å². The van der Waals surface area contributed by atoms with Gasteiger partial charge in [0.05, 0.1) is 18.8 Å². The van der Waals surface area contributed by atoms with E-state index in [2.05, 4.69) is 11.1 Å². The second-order valence-electron chi connectivity index (χ2n) is 6.36. The highest BCUT2D eigenvalue weighted by atomic mass is 31.2. The molecule has 2 saturated heterocycles. The summed E-state index contributed by atoms with van der Waals surface area (Å²) in [5.41, 5.74) is -2.64. The number of phosphoric ester groups is 1. The van der Waals surface area contributed by atoms with Crippen LogP contribution in [0.15, 0.2) is 21.9 Å². The molecule has 1 aromatic heterocycles. The maximum atomic E-state index is 12.6. The van der Waals surface area contributed by atoms with Crippen molar-refractivity contribution in [1.82, 2.24) is 9.55 Å². The maximum absolute atomic E-state index is 12.6. The lowest BCUT2D eigenvalue weighted by molar-refractivity contribution is -0.0749. The first-order valence-electron chi connectivity index (χ1n) is 7.68. The Labute approximate surface area is 142 Å². The molecule has 0 aliphatic carbocycles. The van der Waals surface area contributed by atoms with Crippen LogP contribution in [0.1, 0.15) is 27.0 Å². The van der Waals surface area contributed by atoms with Crippen molar-refractivity contribution < 1.29 is 22.9 Å². The Hall–Kier alpha value is -1.76. The average Bonchev–Trinajstić information content (AvgIpc) is 2.79. The SMILES string of the molecule is CC(C)OP1(=O)OCC2OC(n3ccc(=O)[nH]c3=O)C(C)(C#N)C2O1. The van der Waals surface area contributed by atoms with Crippen LogP contribution >= 0.6 is 7.82 Å². The van der Waals surface area contributed by atoms with E-state index in [1.807, 2.05) is 0 Å². The number of ether oxygens (including phenoxy) is 1. The van der Waals surface area contributed by atoms with Crippen molar-refractivity contribution in [3.8, 4) is 6.07 Å². The van der Waals surface area contributed by atoms with Gasteiger partial charge in [-0.2, -0.15) is 5.26 Å². The normalized spacial score (nSPS) is 37.6. The highest BCUT2D eigenvalue weighted by Gasteiger charge is 2.61. The third-order valence-electron chi connectivity index (χ3n) is 4.07. The lowest BCUT2D eigenvalue weighted by Crippen LogP contribution is -2.43. The van der Waals surface area contributed by atoms with E-state index in [4.69, 9.17) is 18.3 Å². The van der Waals surface area contributed by atoms with E-state index in [1.54, 1.807) is 13.8 Å². The molecule has 11 heteroatoms. The zero-order valence-electron chi connectivity index (χ0n) is 13.9. The molecule has 2 aliphatic rings. The molecule has 5 atom stereocenters. The second-order valence-corrected chi connectivity index (χ2v) is 7.94. The van der Waals surface area contributed by atoms with Gasteiger partial charge in [-0.1, -0.05) is 0 Å². The fraction of sp³-hybridized carbons (Fsp3) is 0.643. The van der Waals surface area contributed by atoms with E-state index in [0.29, 0.717) is 0 Å². The lowest BCUT2D eigenvalue weighted by atomic mass is 9.84. The molecule has 1 aromatic rings. The smallest absolute Gasteiger partial charge is 0.348 e. The van der Waals surface area contributed by atoms with Gasteiger partial charge < -0.3 is 4.74 Å². The molecule has 1 N–H and O–H groups in total. The summed E-state index contributed by atoms with van der Waals surface area (Å²) in [4.78, 5) is 25.4. The van der Waals surface area contributed by atoms with E-state index in [0.717, 1.165) is 10.6 Å². The number of nitriles is 1. The lowest BCUT2D eigenvalue weighted by Gasteiger charge is -2.34. The summed E-state index contributed by atoms with van der Waals surface area (Å²) in [5, 5.41) is 9.72. The first-order chi connectivity index (χ1) is 11.7. The second kappa shape index (κ2) is 6.20. The number of phosphoric acid groups is 1. The summed E-state index contributed by atoms with van der Waals surface area (Å²) in [6.07, 6.45) is -1.86. The number of H-pyrrole nitrogens is 1. The Morgan fingerprint density at radius 3 is 2.84 bits per heavy atom. The Bertz CT molecular complexity index is 872. The van der Waals surface area contributed by atoms with Gasteiger partial charge >= 0.3 is 13.5 Å². The van der Waals surface area contributed by atoms with Crippen LogP contribution in [0.5, 0.6) is 0 Å². The number of nitrogens with zero attached hydrogens (tertiary/aromatic N) is 2. The van der Waals surface area contributed by atoms with Gasteiger partial charge in [0.1, 0.15) is 17.6 Å². The van der Waals surface area contributed by atoms with Gasteiger partial charge in [0.25, 0.3) is 5.56 Å². The summed E-state index contributed by atoms with van der Waals surface area (Å²) >= 11 is 0. The Balaban J connectivity index is 1.98. The van der Waals surface area contributed by atoms with Crippen molar-refractivity contribution in [2.45, 2.75) is 45.3 Å². The topological polar surface area (TPSA) is 133 Å². The monoisotopic (exact) mass is 371 g/mol. The molecule has 136 valence electrons. The van der Waals surface area contributed by atoms with Crippen molar-refractivity contribution in [3.63, 3.8) is 0 Å². The van der Waals surface area contributed by atoms with Gasteiger partial charge in [0.15, 0.2) is 6.23 Å². The molecule has 0 radical (unpaired) electrons. The number of fused-ring (bicyclic) bond motifs is 1. The van der Waals surface area contributed by atoms with Crippen LogP contribution in [0, 0.1) is 16.7 Å². The zero-order chi connectivity index (χ0) is 18.4. The third kappa shape index (κ3) is 3.10. The predicted molar refractivity (Wildman–Crippen MR) is 83.6 cm³/mol. The van der Waals surface area contributed by atoms with Gasteiger partial charge in [-0.3, -0.25) is 27.9 Å². The maximum Gasteiger partial charge on any atom is 0.475 e. The number of aromatic nitrogens is 2. The molecular weight excluding hydrogens is 353 g/mol. The Morgan fingerprint density at radius 2 is 2.24 bits per heavy atom. The van der Waals surface area contributed by atoms with Crippen molar-refractivity contribution in [3.05, 3.63) is 33.1 Å². The number of hydrogen-bond donors (Lipinski definition) is 1. The first kappa shape index (κ1) is 18.0. The minimum absolute atomic E-state index is 0.111. The number of nitrogens with one attached hydrogen (secondary N) is 1. The molecule has 2 fully saturated rings. The number of aromatic amines is 1. The Morgan fingerprint density at radius 1 is 1.52 bits per heavy atom. The van der Waals surface area contributed by atoms with Crippen LogP contribution in [0.4, 0.5) is 0 Å². The summed E-state index contributed by atoms with van der Waals surface area (Å²) in [5.74, 6) is 0. The summed E-state index contributed by atoms with van der Waals surface area (Å²) in [6.45, 7) is 4.77. The molecule has 0 spiro atoms. The van der Waals surface area contributed by atoms with E-state index in [9.17, 15) is 19.4 Å².